The number of aromatic nitrogens is 2. The van der Waals surface area contributed by atoms with E-state index in [1.54, 1.807) is 14.0 Å². The van der Waals surface area contributed by atoms with Crippen LogP contribution in [0.1, 0.15) is 18.3 Å². The minimum absolute atomic E-state index is 0.226. The summed E-state index contributed by atoms with van der Waals surface area (Å²) < 4.78 is 18.2. The normalized spacial score (nSPS) is 11.3. The number of nitrogens with zero attached hydrogens (tertiary/aromatic N) is 3. The van der Waals surface area contributed by atoms with E-state index in [1.807, 2.05) is 0 Å². The lowest BCUT2D eigenvalue weighted by Gasteiger charge is -2.06. The number of aryl methyl sites for hydroxylation is 1. The zero-order valence-electron chi connectivity index (χ0n) is 8.91. The van der Waals surface area contributed by atoms with Gasteiger partial charge in [0.15, 0.2) is 5.90 Å². The Bertz CT molecular complexity index is 415. The highest BCUT2D eigenvalue weighted by Gasteiger charge is 2.07. The van der Waals surface area contributed by atoms with Crippen LogP contribution >= 0.6 is 0 Å². The number of ether oxygens (including phenoxy) is 1. The quantitative estimate of drug-likeness (QED) is 0.425. The highest BCUT2D eigenvalue weighted by Crippen LogP contribution is 2.11. The van der Waals surface area contributed by atoms with Crippen LogP contribution in [0.2, 0.25) is 0 Å². The topological polar surface area (TPSA) is 47.4 Å². The first-order valence-corrected chi connectivity index (χ1v) is 4.34. The van der Waals surface area contributed by atoms with Crippen LogP contribution in [0.15, 0.2) is 17.8 Å². The molecule has 0 unspecified atom stereocenters. The van der Waals surface area contributed by atoms with Crippen molar-refractivity contribution in [3.63, 3.8) is 0 Å². The summed E-state index contributed by atoms with van der Waals surface area (Å²) in [4.78, 5) is 11.3. The van der Waals surface area contributed by atoms with E-state index in [1.165, 1.54) is 13.1 Å². The molecule has 0 bridgehead atoms. The molecular weight excluding hydrogens is 197 g/mol. The number of halogens is 1. The average Bonchev–Trinajstić information content (AvgIpc) is 2.21. The van der Waals surface area contributed by atoms with Crippen molar-refractivity contribution < 1.29 is 9.13 Å². The van der Waals surface area contributed by atoms with Gasteiger partial charge in [-0.1, -0.05) is 6.58 Å². The van der Waals surface area contributed by atoms with Crippen LogP contribution in [0.5, 0.6) is 0 Å². The summed E-state index contributed by atoms with van der Waals surface area (Å²) in [6.45, 7) is 6.82. The van der Waals surface area contributed by atoms with Crippen molar-refractivity contribution in [2.45, 2.75) is 13.8 Å². The van der Waals surface area contributed by atoms with E-state index in [2.05, 4.69) is 21.5 Å². The van der Waals surface area contributed by atoms with E-state index in [0.29, 0.717) is 5.90 Å². The largest absolute Gasteiger partial charge is 0.442 e. The second-order valence-electron chi connectivity index (χ2n) is 2.90. The smallest absolute Gasteiger partial charge is 0.234 e. The molecule has 0 N–H and O–H groups in total. The maximum atomic E-state index is 13.1. The van der Waals surface area contributed by atoms with Crippen LogP contribution in [-0.4, -0.2) is 22.9 Å². The fraction of sp³-hybridized carbons (Fsp3) is 0.300. The molecule has 15 heavy (non-hydrogen) atoms. The molecule has 0 spiro atoms. The molecule has 80 valence electrons. The Morgan fingerprint density at radius 2 is 2.27 bits per heavy atom. The van der Waals surface area contributed by atoms with E-state index in [4.69, 9.17) is 4.74 Å². The molecule has 0 aromatic carbocycles. The Kier molecular flexibility index (Phi) is 3.49. The monoisotopic (exact) mass is 209 g/mol. The lowest BCUT2D eigenvalue weighted by atomic mass is 10.4. The Labute approximate surface area is 87.5 Å². The second-order valence-corrected chi connectivity index (χ2v) is 2.90. The molecule has 0 aliphatic carbocycles. The van der Waals surface area contributed by atoms with E-state index in [0.717, 1.165) is 0 Å². The summed E-state index contributed by atoms with van der Waals surface area (Å²) in [5.74, 6) is 0.0376. The summed E-state index contributed by atoms with van der Waals surface area (Å²) >= 11 is 0. The molecule has 0 aliphatic rings. The summed E-state index contributed by atoms with van der Waals surface area (Å²) in [6, 6.07) is 0. The van der Waals surface area contributed by atoms with E-state index < -0.39 is 5.95 Å². The first-order chi connectivity index (χ1) is 7.04. The highest BCUT2D eigenvalue weighted by atomic mass is 19.1. The average molecular weight is 209 g/mol. The number of hydrogen-bond donors (Lipinski definition) is 0. The zero-order valence-corrected chi connectivity index (χ0v) is 8.91. The van der Waals surface area contributed by atoms with Crippen LogP contribution in [0.4, 0.5) is 4.39 Å². The molecule has 0 amide bonds. The standard InChI is InChI=1S/C10H12FN3O/c1-6-10(11)14-9(5-13-6)7(2)15-8(3)12-4/h5H,2H2,1,3-4H3. The van der Waals surface area contributed by atoms with Gasteiger partial charge < -0.3 is 4.74 Å². The van der Waals surface area contributed by atoms with E-state index in [9.17, 15) is 4.39 Å². The number of aliphatic imine (C=N–C) groups is 1. The van der Waals surface area contributed by atoms with Crippen LogP contribution in [0.3, 0.4) is 0 Å². The number of rotatable bonds is 2. The van der Waals surface area contributed by atoms with Gasteiger partial charge >= 0.3 is 0 Å². The van der Waals surface area contributed by atoms with Gasteiger partial charge in [-0.15, -0.1) is 0 Å². The first-order valence-electron chi connectivity index (χ1n) is 4.34. The van der Waals surface area contributed by atoms with Gasteiger partial charge in [-0.05, 0) is 6.92 Å². The third-order valence-electron chi connectivity index (χ3n) is 1.77. The summed E-state index contributed by atoms with van der Waals surface area (Å²) in [5.41, 5.74) is 0.508. The molecule has 1 heterocycles. The fourth-order valence-electron chi connectivity index (χ4n) is 0.837. The lowest BCUT2D eigenvalue weighted by Crippen LogP contribution is -2.03. The van der Waals surface area contributed by atoms with Crippen LogP contribution in [0.25, 0.3) is 5.76 Å². The van der Waals surface area contributed by atoms with E-state index >= 15 is 0 Å². The third kappa shape index (κ3) is 2.83. The Morgan fingerprint density at radius 3 is 2.80 bits per heavy atom. The van der Waals surface area contributed by atoms with Crippen molar-refractivity contribution in [1.29, 1.82) is 0 Å². The minimum Gasteiger partial charge on any atom is -0.442 e. The van der Waals surface area contributed by atoms with Gasteiger partial charge in [0.2, 0.25) is 5.95 Å². The summed E-state index contributed by atoms with van der Waals surface area (Å²) in [7, 11) is 1.59. The number of hydrogen-bond acceptors (Lipinski definition) is 4. The maximum absolute atomic E-state index is 13.1. The summed E-state index contributed by atoms with van der Waals surface area (Å²) in [6.07, 6.45) is 1.41. The van der Waals surface area contributed by atoms with Gasteiger partial charge in [0.1, 0.15) is 11.5 Å². The Morgan fingerprint density at radius 1 is 1.60 bits per heavy atom. The molecule has 0 aliphatic heterocycles. The van der Waals surface area contributed by atoms with Gasteiger partial charge in [0, 0.05) is 14.0 Å². The molecular formula is C10H12FN3O. The molecule has 0 fully saturated rings. The highest BCUT2D eigenvalue weighted by molar-refractivity contribution is 5.79. The van der Waals surface area contributed by atoms with Crippen molar-refractivity contribution in [3.8, 4) is 0 Å². The Balaban J connectivity index is 2.88. The van der Waals surface area contributed by atoms with Crippen LogP contribution in [0, 0.1) is 12.9 Å². The van der Waals surface area contributed by atoms with Crippen molar-refractivity contribution in [2.24, 2.45) is 4.99 Å². The van der Waals surface area contributed by atoms with E-state index in [-0.39, 0.29) is 17.1 Å². The van der Waals surface area contributed by atoms with Crippen molar-refractivity contribution in [3.05, 3.63) is 30.1 Å². The maximum Gasteiger partial charge on any atom is 0.234 e. The third-order valence-corrected chi connectivity index (χ3v) is 1.77. The van der Waals surface area contributed by atoms with Gasteiger partial charge in [0.05, 0.1) is 11.9 Å². The lowest BCUT2D eigenvalue weighted by molar-refractivity contribution is 0.493. The molecule has 5 heteroatoms. The van der Waals surface area contributed by atoms with Gasteiger partial charge in [-0.2, -0.15) is 4.39 Å². The fourth-order valence-corrected chi connectivity index (χ4v) is 0.837. The molecule has 0 saturated heterocycles. The molecule has 1 rings (SSSR count). The van der Waals surface area contributed by atoms with Gasteiger partial charge in [0.25, 0.3) is 0 Å². The molecule has 0 radical (unpaired) electrons. The predicted molar refractivity (Wildman–Crippen MR) is 55.9 cm³/mol. The SMILES string of the molecule is C=C(OC(C)=NC)c1cnc(C)c(F)n1. The zero-order chi connectivity index (χ0) is 11.4. The van der Waals surface area contributed by atoms with Crippen LogP contribution < -0.4 is 0 Å². The Hall–Kier alpha value is -1.78. The minimum atomic E-state index is -0.622. The van der Waals surface area contributed by atoms with Gasteiger partial charge in [-0.3, -0.25) is 9.98 Å². The molecule has 1 aromatic rings. The first kappa shape index (κ1) is 11.3. The molecule has 4 nitrogen and oxygen atoms in total. The van der Waals surface area contributed by atoms with Crippen molar-refractivity contribution >= 4 is 11.7 Å². The summed E-state index contributed by atoms with van der Waals surface area (Å²) in [5, 5.41) is 0. The van der Waals surface area contributed by atoms with Crippen molar-refractivity contribution in [1.82, 2.24) is 9.97 Å². The van der Waals surface area contributed by atoms with Gasteiger partial charge in [-0.25, -0.2) is 4.98 Å². The molecule has 1 aromatic heterocycles. The van der Waals surface area contributed by atoms with Crippen LogP contribution in [-0.2, 0) is 4.74 Å². The van der Waals surface area contributed by atoms with Crippen molar-refractivity contribution in [2.75, 3.05) is 7.05 Å². The predicted octanol–water partition coefficient (Wildman–Crippen LogP) is 1.96. The second kappa shape index (κ2) is 4.63. The molecule has 0 atom stereocenters. The molecule has 0 saturated carbocycles.